The van der Waals surface area contributed by atoms with E-state index < -0.39 is 53.4 Å². The number of carboxylic acids is 2. The number of amides is 3. The maximum Gasteiger partial charge on any atom is 0.344 e. The summed E-state index contributed by atoms with van der Waals surface area (Å²) in [7, 11) is 0. The largest absolute Gasteiger partial charge is 0.543 e. The fourth-order valence-electron chi connectivity index (χ4n) is 3.62. The van der Waals surface area contributed by atoms with E-state index in [2.05, 4.69) is 24.7 Å². The summed E-state index contributed by atoms with van der Waals surface area (Å²) < 4.78 is 5.46. The summed E-state index contributed by atoms with van der Waals surface area (Å²) in [4.78, 5) is 69.3. The van der Waals surface area contributed by atoms with Crippen molar-refractivity contribution in [1.82, 2.24) is 19.6 Å². The summed E-state index contributed by atoms with van der Waals surface area (Å²) in [6.07, 6.45) is 3.09. The van der Waals surface area contributed by atoms with Crippen LogP contribution in [-0.2, 0) is 30.6 Å². The number of rotatable bonds is 10. The number of hydrogen-bond donors (Lipinski definition) is 4. The molecule has 16 nitrogen and oxygen atoms in total. The molecule has 2 atom stereocenters. The molecule has 198 valence electrons. The van der Waals surface area contributed by atoms with E-state index in [-0.39, 0.29) is 34.5 Å². The third kappa shape index (κ3) is 5.39. The van der Waals surface area contributed by atoms with Gasteiger partial charge in [-0.2, -0.15) is 9.36 Å². The second-order valence-electron chi connectivity index (χ2n) is 7.79. The van der Waals surface area contributed by atoms with Crippen molar-refractivity contribution in [2.75, 3.05) is 18.1 Å². The van der Waals surface area contributed by atoms with Gasteiger partial charge in [0.15, 0.2) is 24.1 Å². The summed E-state index contributed by atoms with van der Waals surface area (Å²) >= 11 is 1.97. The summed E-state index contributed by atoms with van der Waals surface area (Å²) in [5, 5.41) is 25.9. The number of β-lactam (4-membered cyclic amide) rings is 1. The highest BCUT2D eigenvalue weighted by Crippen LogP contribution is 2.40. The van der Waals surface area contributed by atoms with E-state index in [4.69, 9.17) is 16.6 Å². The normalized spacial score (nSPS) is 18.9. The monoisotopic (exact) mass is 562 g/mol. The van der Waals surface area contributed by atoms with Crippen molar-refractivity contribution < 1.29 is 43.6 Å². The highest BCUT2D eigenvalue weighted by molar-refractivity contribution is 8.00. The Morgan fingerprint density at radius 2 is 2.03 bits per heavy atom. The molecule has 2 aromatic heterocycles. The van der Waals surface area contributed by atoms with E-state index in [0.29, 0.717) is 5.57 Å². The lowest BCUT2D eigenvalue weighted by atomic mass is 10.0. The van der Waals surface area contributed by atoms with Crippen molar-refractivity contribution >= 4 is 63.8 Å². The minimum absolute atomic E-state index is 0.00543. The fourth-order valence-corrected chi connectivity index (χ4v) is 5.39. The van der Waals surface area contributed by atoms with Gasteiger partial charge in [-0.15, -0.1) is 11.8 Å². The van der Waals surface area contributed by atoms with Crippen molar-refractivity contribution in [3.63, 3.8) is 0 Å². The van der Waals surface area contributed by atoms with Crippen LogP contribution in [0, 0.1) is 0 Å². The molecular weight excluding hydrogens is 544 g/mol. The maximum absolute atomic E-state index is 12.9. The lowest BCUT2D eigenvalue weighted by Crippen LogP contribution is -2.71. The number of carbonyl (C=O) groups excluding carboxylic acids is 4. The molecule has 4 heterocycles. The van der Waals surface area contributed by atoms with E-state index in [1.165, 1.54) is 23.9 Å². The summed E-state index contributed by atoms with van der Waals surface area (Å²) in [6.45, 7) is -0.756. The molecule has 0 spiro atoms. The molecule has 2 aliphatic heterocycles. The molecule has 2 aromatic rings. The number of oxime groups is 1. The molecule has 4 rings (SSSR count). The van der Waals surface area contributed by atoms with E-state index in [1.807, 2.05) is 0 Å². The fraction of sp³-hybridized carbons (Fsp3) is 0.250. The second kappa shape index (κ2) is 10.8. The predicted octanol–water partition coefficient (Wildman–Crippen LogP) is -3.58. The Morgan fingerprint density at radius 3 is 2.61 bits per heavy atom. The first kappa shape index (κ1) is 26.5. The number of nitrogen functional groups attached to an aromatic ring is 1. The maximum atomic E-state index is 12.9. The zero-order valence-electron chi connectivity index (χ0n) is 19.1. The van der Waals surface area contributed by atoms with Crippen LogP contribution in [0.2, 0.25) is 0 Å². The zero-order valence-corrected chi connectivity index (χ0v) is 20.7. The van der Waals surface area contributed by atoms with Crippen LogP contribution in [0.4, 0.5) is 5.13 Å². The van der Waals surface area contributed by atoms with Gasteiger partial charge in [-0.3, -0.25) is 19.3 Å². The quantitative estimate of drug-likeness (QED) is 0.0950. The number of nitrogens with zero attached hydrogens (tertiary/aromatic N) is 5. The molecule has 2 aliphatic rings. The van der Waals surface area contributed by atoms with Gasteiger partial charge < -0.3 is 36.6 Å². The molecule has 3 amide bonds. The van der Waals surface area contributed by atoms with Crippen LogP contribution in [0.1, 0.15) is 16.2 Å². The number of primary amides is 1. The van der Waals surface area contributed by atoms with Crippen LogP contribution in [0.15, 0.2) is 41.0 Å². The van der Waals surface area contributed by atoms with Gasteiger partial charge in [0.2, 0.25) is 24.1 Å². The van der Waals surface area contributed by atoms with Gasteiger partial charge in [0.1, 0.15) is 11.4 Å². The number of fused-ring (bicyclic) bond motifs is 1. The minimum Gasteiger partial charge on any atom is -0.543 e. The van der Waals surface area contributed by atoms with Crippen LogP contribution in [-0.4, -0.2) is 78.5 Å². The molecule has 1 fully saturated rings. The van der Waals surface area contributed by atoms with E-state index >= 15 is 0 Å². The number of thioether (sulfide) groups is 1. The Hall–Kier alpha value is -4.58. The van der Waals surface area contributed by atoms with Crippen molar-refractivity contribution in [3.05, 3.63) is 47.2 Å². The van der Waals surface area contributed by atoms with Gasteiger partial charge in [-0.05, 0) is 0 Å². The number of anilines is 1. The summed E-state index contributed by atoms with van der Waals surface area (Å²) in [5.74, 6) is -5.24. The molecule has 0 aromatic carbocycles. The van der Waals surface area contributed by atoms with Gasteiger partial charge in [0.05, 0.1) is 17.2 Å². The van der Waals surface area contributed by atoms with Crippen molar-refractivity contribution in [2.45, 2.75) is 18.0 Å². The SMILES string of the molecule is NC(=O)c1cc[n+](CC2=C(C(=O)[O-])N3C(=O)C(NC(=O)C(=NOCC(=O)O)c4nsc(N)n4)[C@@H]3SC2)cc1. The van der Waals surface area contributed by atoms with Gasteiger partial charge in [0.25, 0.3) is 11.8 Å². The minimum atomic E-state index is -1.57. The number of carboxylic acid groups (broad SMARTS) is 2. The highest BCUT2D eigenvalue weighted by Gasteiger charge is 2.53. The van der Waals surface area contributed by atoms with Crippen molar-refractivity contribution in [2.24, 2.45) is 10.9 Å². The molecule has 0 aliphatic carbocycles. The number of hydrogen-bond acceptors (Lipinski definition) is 13. The van der Waals surface area contributed by atoms with Crippen LogP contribution >= 0.6 is 23.3 Å². The first-order valence-corrected chi connectivity index (χ1v) is 12.4. The van der Waals surface area contributed by atoms with Gasteiger partial charge in [-0.25, -0.2) is 9.36 Å². The molecule has 1 saturated heterocycles. The predicted molar refractivity (Wildman–Crippen MR) is 127 cm³/mol. The van der Waals surface area contributed by atoms with Gasteiger partial charge in [0, 0.05) is 35.0 Å². The molecule has 0 radical (unpaired) electrons. The first-order valence-electron chi connectivity index (χ1n) is 10.6. The average molecular weight is 563 g/mol. The van der Waals surface area contributed by atoms with Crippen LogP contribution in [0.3, 0.4) is 0 Å². The topological polar surface area (TPSA) is 247 Å². The zero-order chi connectivity index (χ0) is 27.6. The third-order valence-corrected chi connectivity index (χ3v) is 7.17. The standard InChI is InChI=1S/C20H18N8O8S2/c21-14(31)8-1-3-27(4-2-8)5-9-7-37-18-12(17(33)28(18)13(9)19(34)35)23-16(32)11(25-36-6-10(29)30)15-24-20(22)38-26-15/h1-4,12,18H,5-7H2,(H6-,21,22,23,24,26,29,30,31,32,34,35)/t12?,18-/m0/s1. The number of aromatic nitrogens is 3. The lowest BCUT2D eigenvalue weighted by Gasteiger charge is -2.50. The Morgan fingerprint density at radius 1 is 1.32 bits per heavy atom. The first-order chi connectivity index (χ1) is 18.1. The number of nitrogens with one attached hydrogen (secondary N) is 1. The van der Waals surface area contributed by atoms with E-state index in [0.717, 1.165) is 16.4 Å². The van der Waals surface area contributed by atoms with Crippen LogP contribution in [0.25, 0.3) is 0 Å². The molecule has 18 heteroatoms. The summed E-state index contributed by atoms with van der Waals surface area (Å²) in [6, 6.07) is 1.82. The second-order valence-corrected chi connectivity index (χ2v) is 9.68. The van der Waals surface area contributed by atoms with E-state index in [9.17, 15) is 29.1 Å². The molecule has 0 bridgehead atoms. The summed E-state index contributed by atoms with van der Waals surface area (Å²) in [5.41, 5.74) is 10.6. The van der Waals surface area contributed by atoms with Crippen molar-refractivity contribution in [1.29, 1.82) is 0 Å². The molecular formula is C20H18N8O8S2. The number of carbonyl (C=O) groups is 5. The smallest absolute Gasteiger partial charge is 0.344 e. The molecule has 1 unspecified atom stereocenters. The van der Waals surface area contributed by atoms with Crippen molar-refractivity contribution in [3.8, 4) is 0 Å². The third-order valence-electron chi connectivity index (χ3n) is 5.29. The van der Waals surface area contributed by atoms with Crippen LogP contribution in [0.5, 0.6) is 0 Å². The number of nitrogens with two attached hydrogens (primary N) is 2. The lowest BCUT2D eigenvalue weighted by molar-refractivity contribution is -0.689. The van der Waals surface area contributed by atoms with Crippen LogP contribution < -0.4 is 26.5 Å². The highest BCUT2D eigenvalue weighted by atomic mass is 32.2. The molecule has 38 heavy (non-hydrogen) atoms. The molecule has 6 N–H and O–H groups in total. The Bertz CT molecular complexity index is 1390. The Labute approximate surface area is 221 Å². The number of aliphatic carboxylic acids is 2. The average Bonchev–Trinajstić information content (AvgIpc) is 3.30. The Balaban J connectivity index is 1.52. The molecule has 0 saturated carbocycles. The van der Waals surface area contributed by atoms with Gasteiger partial charge >= 0.3 is 5.97 Å². The van der Waals surface area contributed by atoms with E-state index in [1.54, 1.807) is 17.0 Å². The van der Waals surface area contributed by atoms with Gasteiger partial charge in [-0.1, -0.05) is 5.16 Å². The number of pyridine rings is 1. The Kier molecular flexibility index (Phi) is 7.53.